The average Bonchev–Trinajstić information content (AvgIpc) is 2.48. The van der Waals surface area contributed by atoms with E-state index in [0.717, 1.165) is 17.5 Å². The number of hydrogen-bond acceptors (Lipinski definition) is 1. The largest absolute Gasteiger partial charge is 0.256 e. The molecule has 0 atom stereocenters. The zero-order valence-electron chi connectivity index (χ0n) is 11.4. The molecule has 0 aliphatic heterocycles. The van der Waals surface area contributed by atoms with Gasteiger partial charge < -0.3 is 0 Å². The van der Waals surface area contributed by atoms with Gasteiger partial charge in [0.2, 0.25) is 0 Å². The van der Waals surface area contributed by atoms with Crippen LogP contribution < -0.4 is 0 Å². The van der Waals surface area contributed by atoms with Crippen LogP contribution in [-0.2, 0) is 0 Å². The van der Waals surface area contributed by atoms with Crippen LogP contribution in [0.2, 0.25) is 0 Å². The van der Waals surface area contributed by atoms with E-state index in [-0.39, 0.29) is 0 Å². The van der Waals surface area contributed by atoms with E-state index in [0.29, 0.717) is 0 Å². The normalized spacial score (nSPS) is 24.3. The lowest BCUT2D eigenvalue weighted by Crippen LogP contribution is -2.21. The number of aromatic nitrogens is 1. The first-order chi connectivity index (χ1) is 9.31. The van der Waals surface area contributed by atoms with Gasteiger partial charge in [-0.05, 0) is 79.3 Å². The molecule has 1 aromatic carbocycles. The minimum atomic E-state index is 0.810. The zero-order chi connectivity index (χ0) is 12.8. The highest BCUT2D eigenvalue weighted by Crippen LogP contribution is 2.49. The third kappa shape index (κ3) is 1.80. The van der Waals surface area contributed by atoms with E-state index in [1.807, 2.05) is 6.20 Å². The maximum atomic E-state index is 4.52. The van der Waals surface area contributed by atoms with Gasteiger partial charge in [0, 0.05) is 11.8 Å². The molecule has 0 N–H and O–H groups in total. The molecule has 1 nitrogen and oxygen atoms in total. The highest BCUT2D eigenvalue weighted by atomic mass is 14.7. The third-order valence-corrected chi connectivity index (χ3v) is 4.90. The summed E-state index contributed by atoms with van der Waals surface area (Å²) in [5.74, 6) is 1.64. The molecule has 0 amide bonds. The van der Waals surface area contributed by atoms with Gasteiger partial charge in [0.15, 0.2) is 0 Å². The average molecular weight is 249 g/mol. The van der Waals surface area contributed by atoms with Gasteiger partial charge in [-0.1, -0.05) is 12.1 Å². The predicted molar refractivity (Wildman–Crippen MR) is 78.4 cm³/mol. The van der Waals surface area contributed by atoms with E-state index in [1.54, 1.807) is 11.1 Å². The van der Waals surface area contributed by atoms with Crippen molar-refractivity contribution in [1.29, 1.82) is 0 Å². The number of fused-ring (bicyclic) bond motifs is 2. The number of pyridine rings is 1. The fourth-order valence-electron chi connectivity index (χ4n) is 3.87. The Kier molecular flexibility index (Phi) is 2.48. The molecule has 3 aliphatic carbocycles. The fraction of sp³-hybridized carbons (Fsp3) is 0.389. The summed E-state index contributed by atoms with van der Waals surface area (Å²) in [4.78, 5) is 4.52. The van der Waals surface area contributed by atoms with Crippen LogP contribution in [0.5, 0.6) is 0 Å². The molecule has 3 aliphatic rings. The SMILES string of the molecule is Cc1ccnc(-c2ccc3c(c2)C2CCC3CC2)c1. The Bertz CT molecular complexity index is 621. The van der Waals surface area contributed by atoms with Gasteiger partial charge >= 0.3 is 0 Å². The lowest BCUT2D eigenvalue weighted by molar-refractivity contribution is 0.359. The third-order valence-electron chi connectivity index (χ3n) is 4.90. The number of rotatable bonds is 1. The van der Waals surface area contributed by atoms with Crippen molar-refractivity contribution in [2.75, 3.05) is 0 Å². The number of nitrogens with zero attached hydrogens (tertiary/aromatic N) is 1. The molecule has 0 spiro atoms. The summed E-state index contributed by atoms with van der Waals surface area (Å²) in [6.07, 6.45) is 7.50. The highest BCUT2D eigenvalue weighted by molar-refractivity contribution is 5.63. The molecule has 19 heavy (non-hydrogen) atoms. The van der Waals surface area contributed by atoms with Crippen LogP contribution in [0, 0.1) is 6.92 Å². The molecule has 0 radical (unpaired) electrons. The maximum Gasteiger partial charge on any atom is 0.0704 e. The van der Waals surface area contributed by atoms with Crippen molar-refractivity contribution >= 4 is 0 Å². The molecule has 1 heteroatoms. The van der Waals surface area contributed by atoms with Gasteiger partial charge in [-0.15, -0.1) is 0 Å². The fourth-order valence-corrected chi connectivity index (χ4v) is 3.87. The van der Waals surface area contributed by atoms with Gasteiger partial charge in [0.1, 0.15) is 0 Å². The van der Waals surface area contributed by atoms with E-state index < -0.39 is 0 Å². The number of hydrogen-bond donors (Lipinski definition) is 0. The van der Waals surface area contributed by atoms with E-state index in [9.17, 15) is 0 Å². The number of aryl methyl sites for hydroxylation is 1. The Morgan fingerprint density at radius 2 is 1.63 bits per heavy atom. The van der Waals surface area contributed by atoms with Crippen LogP contribution >= 0.6 is 0 Å². The van der Waals surface area contributed by atoms with Gasteiger partial charge in [-0.3, -0.25) is 4.98 Å². The van der Waals surface area contributed by atoms with Crippen LogP contribution in [0.1, 0.15) is 54.2 Å². The molecule has 96 valence electrons. The van der Waals surface area contributed by atoms with E-state index in [1.165, 1.54) is 36.8 Å². The summed E-state index contributed by atoms with van der Waals surface area (Å²) >= 11 is 0. The Morgan fingerprint density at radius 1 is 0.895 bits per heavy atom. The molecule has 0 unspecified atom stereocenters. The summed E-state index contributed by atoms with van der Waals surface area (Å²) in [7, 11) is 0. The second-order valence-electron chi connectivity index (χ2n) is 6.11. The van der Waals surface area contributed by atoms with Crippen molar-refractivity contribution in [1.82, 2.24) is 4.98 Å². The van der Waals surface area contributed by atoms with Crippen molar-refractivity contribution in [3.05, 3.63) is 53.2 Å². The summed E-state index contributed by atoms with van der Waals surface area (Å²) in [6.45, 7) is 2.13. The predicted octanol–water partition coefficient (Wildman–Crippen LogP) is 4.81. The summed E-state index contributed by atoms with van der Waals surface area (Å²) in [5.41, 5.74) is 6.92. The molecule has 1 aromatic heterocycles. The Hall–Kier alpha value is -1.63. The molecular formula is C18H19N. The molecule has 0 saturated heterocycles. The molecule has 1 fully saturated rings. The minimum absolute atomic E-state index is 0.810. The second kappa shape index (κ2) is 4.19. The maximum absolute atomic E-state index is 4.52. The summed E-state index contributed by atoms with van der Waals surface area (Å²) in [5, 5.41) is 0. The Balaban J connectivity index is 1.82. The smallest absolute Gasteiger partial charge is 0.0704 e. The highest BCUT2D eigenvalue weighted by Gasteiger charge is 2.32. The van der Waals surface area contributed by atoms with Crippen molar-refractivity contribution < 1.29 is 0 Å². The quantitative estimate of drug-likeness (QED) is 0.706. The molecule has 2 aromatic rings. The van der Waals surface area contributed by atoms with Crippen molar-refractivity contribution in [3.63, 3.8) is 0 Å². The van der Waals surface area contributed by atoms with Crippen LogP contribution in [0.4, 0.5) is 0 Å². The molecule has 2 bridgehead atoms. The van der Waals surface area contributed by atoms with Crippen LogP contribution in [0.15, 0.2) is 36.5 Å². The molecule has 1 heterocycles. The number of benzene rings is 1. The van der Waals surface area contributed by atoms with Crippen molar-refractivity contribution in [2.45, 2.75) is 44.4 Å². The first kappa shape index (κ1) is 11.2. The lowest BCUT2D eigenvalue weighted by atomic mass is 9.67. The van der Waals surface area contributed by atoms with Crippen molar-refractivity contribution in [2.24, 2.45) is 0 Å². The first-order valence-electron chi connectivity index (χ1n) is 7.38. The summed E-state index contributed by atoms with van der Waals surface area (Å²) in [6, 6.07) is 11.3. The van der Waals surface area contributed by atoms with Crippen LogP contribution in [0.3, 0.4) is 0 Å². The second-order valence-corrected chi connectivity index (χ2v) is 6.11. The molecule has 5 rings (SSSR count). The van der Waals surface area contributed by atoms with Gasteiger partial charge in [0.25, 0.3) is 0 Å². The first-order valence-corrected chi connectivity index (χ1v) is 7.38. The van der Waals surface area contributed by atoms with Gasteiger partial charge in [-0.2, -0.15) is 0 Å². The molecular weight excluding hydrogens is 230 g/mol. The van der Waals surface area contributed by atoms with Crippen molar-refractivity contribution in [3.8, 4) is 11.3 Å². The monoisotopic (exact) mass is 249 g/mol. The molecule has 1 saturated carbocycles. The Morgan fingerprint density at radius 3 is 2.37 bits per heavy atom. The van der Waals surface area contributed by atoms with E-state index in [4.69, 9.17) is 0 Å². The Labute approximate surface area is 114 Å². The minimum Gasteiger partial charge on any atom is -0.256 e. The van der Waals surface area contributed by atoms with E-state index >= 15 is 0 Å². The lowest BCUT2D eigenvalue weighted by Gasteiger charge is -2.38. The van der Waals surface area contributed by atoms with E-state index in [2.05, 4.69) is 42.2 Å². The standard InChI is InChI=1S/C18H19N/c1-12-8-9-19-18(10-12)15-6-7-16-13-2-4-14(5-3-13)17(16)11-15/h6-11,13-14H,2-5H2,1H3. The van der Waals surface area contributed by atoms with Gasteiger partial charge in [0.05, 0.1) is 5.69 Å². The summed E-state index contributed by atoms with van der Waals surface area (Å²) < 4.78 is 0. The van der Waals surface area contributed by atoms with Gasteiger partial charge in [-0.25, -0.2) is 0 Å². The van der Waals surface area contributed by atoms with Crippen LogP contribution in [0.25, 0.3) is 11.3 Å². The van der Waals surface area contributed by atoms with Crippen LogP contribution in [-0.4, -0.2) is 4.98 Å². The zero-order valence-corrected chi connectivity index (χ0v) is 11.4. The topological polar surface area (TPSA) is 12.9 Å².